The second kappa shape index (κ2) is 10.1. The number of rotatable bonds is 6. The first-order valence-electron chi connectivity index (χ1n) is 11.1. The van der Waals surface area contributed by atoms with Gasteiger partial charge in [-0.3, -0.25) is 4.79 Å². The molecule has 0 radical (unpaired) electrons. The summed E-state index contributed by atoms with van der Waals surface area (Å²) in [4.78, 5) is 27.3. The van der Waals surface area contributed by atoms with Gasteiger partial charge in [0.2, 0.25) is 0 Å². The van der Waals surface area contributed by atoms with Crippen molar-refractivity contribution in [3.05, 3.63) is 94.6 Å². The van der Waals surface area contributed by atoms with Gasteiger partial charge in [0.25, 0.3) is 5.91 Å². The molecular weight excluding hydrogens is 428 g/mol. The summed E-state index contributed by atoms with van der Waals surface area (Å²) in [6.07, 6.45) is 2.29. The topological polar surface area (TPSA) is 79.6 Å². The number of hydrogen-bond acceptors (Lipinski definition) is 5. The number of aryl methyl sites for hydroxylation is 1. The van der Waals surface area contributed by atoms with Crippen LogP contribution in [0.5, 0.6) is 11.5 Å². The molecule has 1 amide bonds. The lowest BCUT2D eigenvalue weighted by Crippen LogP contribution is -2.29. The number of hydrogen-bond donors (Lipinski definition) is 0. The van der Waals surface area contributed by atoms with E-state index in [-0.39, 0.29) is 17.2 Å². The number of anilines is 1. The van der Waals surface area contributed by atoms with Gasteiger partial charge in [0.15, 0.2) is 11.5 Å². The summed E-state index contributed by atoms with van der Waals surface area (Å²) in [5, 5.41) is 9.69. The number of fused-ring (bicyclic) bond motifs is 1. The molecule has 0 atom stereocenters. The van der Waals surface area contributed by atoms with Crippen molar-refractivity contribution >= 4 is 23.6 Å². The fraction of sp³-hybridized carbons (Fsp3) is 0.179. The number of esters is 1. The highest BCUT2D eigenvalue weighted by Crippen LogP contribution is 2.32. The van der Waals surface area contributed by atoms with Crippen LogP contribution in [0.25, 0.3) is 6.08 Å². The summed E-state index contributed by atoms with van der Waals surface area (Å²) >= 11 is 0. The Hall–Kier alpha value is -4.37. The molecule has 6 nitrogen and oxygen atoms in total. The molecule has 0 bridgehead atoms. The van der Waals surface area contributed by atoms with Crippen LogP contribution in [0.1, 0.15) is 34.0 Å². The lowest BCUT2D eigenvalue weighted by atomic mass is 10.1. The molecule has 0 saturated heterocycles. The van der Waals surface area contributed by atoms with Gasteiger partial charge < -0.3 is 14.4 Å². The predicted octanol–water partition coefficient (Wildman–Crippen LogP) is 5.11. The molecule has 1 heterocycles. The molecule has 1 aliphatic rings. The van der Waals surface area contributed by atoms with Crippen LogP contribution in [0.2, 0.25) is 0 Å². The Morgan fingerprint density at radius 3 is 2.56 bits per heavy atom. The Morgan fingerprint density at radius 1 is 1.06 bits per heavy atom. The van der Waals surface area contributed by atoms with Gasteiger partial charge in [-0.1, -0.05) is 42.0 Å². The Kier molecular flexibility index (Phi) is 6.74. The van der Waals surface area contributed by atoms with Crippen LogP contribution in [0, 0.1) is 18.3 Å². The summed E-state index contributed by atoms with van der Waals surface area (Å²) < 4.78 is 11.2. The van der Waals surface area contributed by atoms with Crippen molar-refractivity contribution in [2.24, 2.45) is 0 Å². The number of carbonyl (C=O) groups excluding carboxylic acids is 2. The van der Waals surface area contributed by atoms with E-state index in [0.29, 0.717) is 30.0 Å². The van der Waals surface area contributed by atoms with E-state index in [1.165, 1.54) is 6.08 Å². The highest BCUT2D eigenvalue weighted by Gasteiger charge is 2.26. The van der Waals surface area contributed by atoms with E-state index < -0.39 is 5.97 Å². The first-order chi connectivity index (χ1) is 16.5. The molecule has 4 rings (SSSR count). The molecule has 0 spiro atoms. The van der Waals surface area contributed by atoms with Crippen LogP contribution in [0.15, 0.2) is 72.3 Å². The third-order valence-electron chi connectivity index (χ3n) is 5.55. The van der Waals surface area contributed by atoms with Gasteiger partial charge in [-0.2, -0.15) is 5.26 Å². The van der Waals surface area contributed by atoms with Gasteiger partial charge in [0.1, 0.15) is 11.6 Å². The number of para-hydroxylation sites is 1. The molecule has 0 fully saturated rings. The normalized spacial score (nSPS) is 12.6. The quantitative estimate of drug-likeness (QED) is 0.225. The predicted molar refractivity (Wildman–Crippen MR) is 130 cm³/mol. The highest BCUT2D eigenvalue weighted by atomic mass is 16.6. The molecule has 0 aliphatic carbocycles. The first kappa shape index (κ1) is 22.8. The zero-order chi connectivity index (χ0) is 24.1. The maximum atomic E-state index is 13.1. The van der Waals surface area contributed by atoms with Gasteiger partial charge in [-0.25, -0.2) is 4.79 Å². The Labute approximate surface area is 198 Å². The van der Waals surface area contributed by atoms with Crippen molar-refractivity contribution in [1.29, 1.82) is 5.26 Å². The fourth-order valence-electron chi connectivity index (χ4n) is 3.82. The molecule has 34 heavy (non-hydrogen) atoms. The van der Waals surface area contributed by atoms with Crippen LogP contribution in [-0.4, -0.2) is 25.0 Å². The number of benzene rings is 3. The average Bonchev–Trinajstić information content (AvgIpc) is 3.28. The van der Waals surface area contributed by atoms with Crippen LogP contribution in [0.3, 0.4) is 0 Å². The zero-order valence-electron chi connectivity index (χ0n) is 19.1. The number of carbonyl (C=O) groups is 2. The maximum Gasteiger partial charge on any atom is 0.343 e. The number of nitriles is 1. The van der Waals surface area contributed by atoms with E-state index in [9.17, 15) is 14.9 Å². The maximum absolute atomic E-state index is 13.1. The van der Waals surface area contributed by atoms with Gasteiger partial charge in [0.05, 0.1) is 12.2 Å². The van der Waals surface area contributed by atoms with Crippen LogP contribution in [0.4, 0.5) is 5.69 Å². The fourth-order valence-corrected chi connectivity index (χ4v) is 3.82. The van der Waals surface area contributed by atoms with Crippen LogP contribution >= 0.6 is 0 Å². The lowest BCUT2D eigenvalue weighted by molar-refractivity contribution is -0.114. The minimum Gasteiger partial charge on any atom is -0.490 e. The summed E-state index contributed by atoms with van der Waals surface area (Å²) in [5.74, 6) is -0.221. The second-order valence-electron chi connectivity index (χ2n) is 7.90. The van der Waals surface area contributed by atoms with Gasteiger partial charge in [-0.15, -0.1) is 0 Å². The summed E-state index contributed by atoms with van der Waals surface area (Å²) in [6.45, 7) is 4.66. The van der Waals surface area contributed by atoms with E-state index >= 15 is 0 Å². The van der Waals surface area contributed by atoms with Crippen LogP contribution < -0.4 is 14.4 Å². The number of amides is 1. The monoisotopic (exact) mass is 452 g/mol. The minimum absolute atomic E-state index is 0.0172. The molecule has 3 aromatic carbocycles. The Morgan fingerprint density at radius 2 is 1.82 bits per heavy atom. The average molecular weight is 453 g/mol. The first-order valence-corrected chi connectivity index (χ1v) is 11.1. The largest absolute Gasteiger partial charge is 0.490 e. The standard InChI is InChI=1S/C28H24N2O4/c1-3-33-26-17-20(10-13-25(26)34-28(32)22-11-8-19(2)9-12-22)16-23(18-29)27(31)30-15-14-21-6-4-5-7-24(21)30/h4-13,16-17H,3,14-15H2,1-2H3. The van der Waals surface area contributed by atoms with Crippen molar-refractivity contribution in [2.75, 3.05) is 18.1 Å². The second-order valence-corrected chi connectivity index (χ2v) is 7.90. The van der Waals surface area contributed by atoms with E-state index in [0.717, 1.165) is 23.2 Å². The van der Waals surface area contributed by atoms with Crippen molar-refractivity contribution in [1.82, 2.24) is 0 Å². The van der Waals surface area contributed by atoms with E-state index in [1.54, 1.807) is 35.2 Å². The van der Waals surface area contributed by atoms with E-state index in [1.807, 2.05) is 56.3 Å². The minimum atomic E-state index is -0.496. The molecule has 6 heteroatoms. The van der Waals surface area contributed by atoms with Gasteiger partial charge in [0, 0.05) is 12.2 Å². The molecule has 0 saturated carbocycles. The number of nitrogens with zero attached hydrogens (tertiary/aromatic N) is 2. The Bertz CT molecular complexity index is 1300. The van der Waals surface area contributed by atoms with Crippen molar-refractivity contribution in [2.45, 2.75) is 20.3 Å². The van der Waals surface area contributed by atoms with E-state index in [2.05, 4.69) is 0 Å². The van der Waals surface area contributed by atoms with Crippen molar-refractivity contribution < 1.29 is 19.1 Å². The van der Waals surface area contributed by atoms with Crippen LogP contribution in [-0.2, 0) is 11.2 Å². The molecule has 3 aromatic rings. The van der Waals surface area contributed by atoms with Gasteiger partial charge in [-0.05, 0) is 67.8 Å². The molecular formula is C28H24N2O4. The molecule has 0 unspecified atom stereocenters. The zero-order valence-corrected chi connectivity index (χ0v) is 19.1. The summed E-state index contributed by atoms with van der Waals surface area (Å²) in [6, 6.07) is 21.8. The highest BCUT2D eigenvalue weighted by molar-refractivity contribution is 6.12. The van der Waals surface area contributed by atoms with Crippen molar-refractivity contribution in [3.8, 4) is 17.6 Å². The molecule has 170 valence electrons. The van der Waals surface area contributed by atoms with Crippen molar-refractivity contribution in [3.63, 3.8) is 0 Å². The lowest BCUT2D eigenvalue weighted by Gasteiger charge is -2.16. The molecule has 0 N–H and O–H groups in total. The van der Waals surface area contributed by atoms with Gasteiger partial charge >= 0.3 is 5.97 Å². The molecule has 1 aliphatic heterocycles. The summed E-state index contributed by atoms with van der Waals surface area (Å²) in [7, 11) is 0. The third-order valence-corrected chi connectivity index (χ3v) is 5.55. The molecule has 0 aromatic heterocycles. The smallest absolute Gasteiger partial charge is 0.343 e. The number of ether oxygens (including phenoxy) is 2. The van der Waals surface area contributed by atoms with E-state index in [4.69, 9.17) is 9.47 Å². The summed E-state index contributed by atoms with van der Waals surface area (Å²) in [5.41, 5.74) is 4.01. The third kappa shape index (κ3) is 4.84. The SMILES string of the molecule is CCOc1cc(C=C(C#N)C(=O)N2CCc3ccccc32)ccc1OC(=O)c1ccc(C)cc1. The Balaban J connectivity index is 1.58.